The molecule has 0 aliphatic rings. The summed E-state index contributed by atoms with van der Waals surface area (Å²) in [4.78, 5) is 64.7. The standard InChI is InChI=1S/C47H81NO16P2S/c1-3-5-7-9-11-13-15-17-18-19-21-23-25-27-29-34-46(53)64-41(38-63-66(58,59)62-36-40(49)35-61-65(55,56)57)37-60-47(54)42(48)39-67-44(43(50)31-30-33-45(51)52)32-28-26-24-22-20-16-14-12-10-8-6-4-2/h11-14,17-18,20,22,24,26,28,32,40-44,49-50H,3-10,15-16,19,21,23,25,27,29-31,33-39,48H2,1-2H3,(H,51,52)(H,58,59)(H2,55,56,57)/b13-11-,14-12-,18-17-,22-20-,26-24+,32-28+/t40-,41+,42-,43-,44+/m0/s1. The monoisotopic (exact) mass is 1010 g/mol. The summed E-state index contributed by atoms with van der Waals surface area (Å²) in [5.41, 5.74) is 6.15. The third-order valence-electron chi connectivity index (χ3n) is 9.55. The van der Waals surface area contributed by atoms with Crippen LogP contribution in [0, 0.1) is 0 Å². The third-order valence-corrected chi connectivity index (χ3v) is 12.4. The highest BCUT2D eigenvalue weighted by Crippen LogP contribution is 2.44. The summed E-state index contributed by atoms with van der Waals surface area (Å²) in [6.07, 6.45) is 36.5. The van der Waals surface area contributed by atoms with Gasteiger partial charge in [-0.2, -0.15) is 0 Å². The van der Waals surface area contributed by atoms with Crippen molar-refractivity contribution in [1.82, 2.24) is 0 Å². The van der Waals surface area contributed by atoms with Crippen molar-refractivity contribution < 1.29 is 76.6 Å². The molecule has 67 heavy (non-hydrogen) atoms. The Bertz CT molecular complexity index is 1580. The summed E-state index contributed by atoms with van der Waals surface area (Å²) in [5, 5.41) is 29.2. The fourth-order valence-electron chi connectivity index (χ4n) is 5.82. The van der Waals surface area contributed by atoms with Gasteiger partial charge in [0.2, 0.25) is 0 Å². The molecule has 0 aromatic heterocycles. The Balaban J connectivity index is 5.38. The molecule has 0 heterocycles. The number of rotatable bonds is 44. The first-order valence-corrected chi connectivity index (χ1v) is 27.6. The van der Waals surface area contributed by atoms with Gasteiger partial charge in [0.05, 0.1) is 25.9 Å². The molecule has 0 aromatic rings. The highest BCUT2D eigenvalue weighted by atomic mass is 32.2. The van der Waals surface area contributed by atoms with Gasteiger partial charge in [-0.25, -0.2) is 9.13 Å². The molecular weight excluding hydrogens is 929 g/mol. The lowest BCUT2D eigenvalue weighted by atomic mass is 10.1. The minimum atomic E-state index is -4.95. The van der Waals surface area contributed by atoms with Crippen molar-refractivity contribution in [1.29, 1.82) is 0 Å². The van der Waals surface area contributed by atoms with Crippen molar-refractivity contribution in [3.05, 3.63) is 72.9 Å². The number of nitrogens with two attached hydrogens (primary N) is 1. The fourth-order valence-corrected chi connectivity index (χ4v) is 8.10. The number of carboxylic acids is 1. The van der Waals surface area contributed by atoms with E-state index in [0.717, 1.165) is 69.5 Å². The number of phosphoric ester groups is 2. The number of aliphatic carboxylic acids is 1. The number of carbonyl (C=O) groups is 3. The smallest absolute Gasteiger partial charge is 0.472 e. The zero-order chi connectivity index (χ0) is 50.0. The van der Waals surface area contributed by atoms with Gasteiger partial charge >= 0.3 is 33.6 Å². The van der Waals surface area contributed by atoms with Crippen LogP contribution in [-0.4, -0.2) is 110 Å². The minimum absolute atomic E-state index is 0.00978. The number of carbonyl (C=O) groups excluding carboxylic acids is 2. The van der Waals surface area contributed by atoms with Crippen LogP contribution in [0.3, 0.4) is 0 Å². The van der Waals surface area contributed by atoms with Gasteiger partial charge < -0.3 is 45.2 Å². The number of aliphatic hydroxyl groups excluding tert-OH is 2. The first kappa shape index (κ1) is 64.3. The second-order valence-electron chi connectivity index (χ2n) is 15.9. The molecule has 0 saturated carbocycles. The first-order valence-electron chi connectivity index (χ1n) is 23.6. The summed E-state index contributed by atoms with van der Waals surface area (Å²) in [5.74, 6) is -2.61. The van der Waals surface area contributed by atoms with Crippen molar-refractivity contribution in [2.45, 2.75) is 172 Å². The highest BCUT2D eigenvalue weighted by Gasteiger charge is 2.29. The van der Waals surface area contributed by atoms with E-state index in [-0.39, 0.29) is 31.4 Å². The lowest BCUT2D eigenvalue weighted by Gasteiger charge is -2.22. The molecule has 0 aromatic carbocycles. The number of hydrogen-bond donors (Lipinski definition) is 7. The summed E-state index contributed by atoms with van der Waals surface area (Å²) >= 11 is 1.16. The van der Waals surface area contributed by atoms with Gasteiger partial charge in [-0.15, -0.1) is 11.8 Å². The number of ether oxygens (including phenoxy) is 2. The van der Waals surface area contributed by atoms with Gasteiger partial charge in [0.15, 0.2) is 6.10 Å². The molecule has 0 rings (SSSR count). The molecule has 20 heteroatoms. The number of phosphoric acid groups is 2. The van der Waals surface area contributed by atoms with Gasteiger partial charge in [0, 0.05) is 23.8 Å². The second kappa shape index (κ2) is 42.2. The lowest BCUT2D eigenvalue weighted by molar-refractivity contribution is -0.161. The molecule has 17 nitrogen and oxygen atoms in total. The van der Waals surface area contributed by atoms with Crippen molar-refractivity contribution in [2.24, 2.45) is 5.73 Å². The molecule has 0 spiro atoms. The predicted molar refractivity (Wildman–Crippen MR) is 263 cm³/mol. The average molecular weight is 1010 g/mol. The topological polar surface area (TPSA) is 279 Å². The van der Waals surface area contributed by atoms with E-state index >= 15 is 0 Å². The molecule has 0 aliphatic heterocycles. The number of carboxylic acid groups (broad SMARTS) is 1. The Morgan fingerprint density at radius 2 is 1.19 bits per heavy atom. The summed E-state index contributed by atoms with van der Waals surface area (Å²) < 4.78 is 48.0. The normalized spacial score (nSPS) is 15.8. The SMILES string of the molecule is CCCCC/C=C\C\C=C/C=C/C=C/[C@@H](SC[C@H](N)C(=O)OC[C@H](COP(=O)(O)OC[C@@H](O)COP(=O)(O)O)OC(=O)CCCCCCC/C=C\C/C=C\CCCCC)[C@@H](O)CCCC(=O)O. The maximum absolute atomic E-state index is 13.0. The van der Waals surface area contributed by atoms with Crippen molar-refractivity contribution in [3.63, 3.8) is 0 Å². The Morgan fingerprint density at radius 3 is 1.81 bits per heavy atom. The van der Waals surface area contributed by atoms with Crippen molar-refractivity contribution >= 4 is 45.3 Å². The van der Waals surface area contributed by atoms with Gasteiger partial charge in [-0.3, -0.25) is 28.0 Å². The molecule has 0 bridgehead atoms. The summed E-state index contributed by atoms with van der Waals surface area (Å²) in [6, 6.07) is -1.23. The van der Waals surface area contributed by atoms with Crippen LogP contribution < -0.4 is 5.73 Å². The zero-order valence-electron chi connectivity index (χ0n) is 39.6. The van der Waals surface area contributed by atoms with Crippen LogP contribution in [0.5, 0.6) is 0 Å². The van der Waals surface area contributed by atoms with E-state index in [4.69, 9.17) is 34.6 Å². The second-order valence-corrected chi connectivity index (χ2v) is 19.8. The number of hydrogen-bond acceptors (Lipinski definition) is 14. The minimum Gasteiger partial charge on any atom is -0.481 e. The molecule has 0 aliphatic carbocycles. The molecule has 1 unspecified atom stereocenters. The molecule has 6 atom stereocenters. The van der Waals surface area contributed by atoms with Crippen LogP contribution in [-0.2, 0) is 46.6 Å². The summed E-state index contributed by atoms with van der Waals surface area (Å²) in [6.45, 7) is 1.11. The Morgan fingerprint density at radius 1 is 0.642 bits per heavy atom. The van der Waals surface area contributed by atoms with E-state index in [1.807, 2.05) is 18.2 Å². The van der Waals surface area contributed by atoms with Crippen LogP contribution in [0.1, 0.15) is 142 Å². The van der Waals surface area contributed by atoms with Gasteiger partial charge in [-0.1, -0.05) is 132 Å². The van der Waals surface area contributed by atoms with Gasteiger partial charge in [-0.05, 0) is 70.6 Å². The lowest BCUT2D eigenvalue weighted by Crippen LogP contribution is -2.38. The molecule has 0 saturated heterocycles. The maximum atomic E-state index is 13.0. The van der Waals surface area contributed by atoms with E-state index in [1.165, 1.54) is 38.5 Å². The van der Waals surface area contributed by atoms with E-state index in [0.29, 0.717) is 6.42 Å². The number of esters is 2. The first-order chi connectivity index (χ1) is 32.0. The molecule has 0 radical (unpaired) electrons. The largest absolute Gasteiger partial charge is 0.481 e. The van der Waals surface area contributed by atoms with Crippen molar-refractivity contribution in [2.75, 3.05) is 32.2 Å². The van der Waals surface area contributed by atoms with E-state index < -0.39 is 89.6 Å². The van der Waals surface area contributed by atoms with Crippen molar-refractivity contribution in [3.8, 4) is 0 Å². The van der Waals surface area contributed by atoms with Crippen LogP contribution in [0.15, 0.2) is 72.9 Å². The molecule has 0 amide bonds. The third kappa shape index (κ3) is 43.1. The van der Waals surface area contributed by atoms with E-state index in [9.17, 15) is 38.6 Å². The molecule has 8 N–H and O–H groups in total. The quantitative estimate of drug-likeness (QED) is 0.00985. The Kier molecular flexibility index (Phi) is 40.5. The zero-order valence-corrected chi connectivity index (χ0v) is 42.2. The Hall–Kier alpha value is -2.70. The van der Waals surface area contributed by atoms with E-state index in [2.05, 4.69) is 59.4 Å². The number of thioether (sulfide) groups is 1. The van der Waals surface area contributed by atoms with Crippen LogP contribution >= 0.6 is 27.4 Å². The van der Waals surface area contributed by atoms with Gasteiger partial charge in [0.25, 0.3) is 0 Å². The number of aliphatic hydroxyl groups is 2. The van der Waals surface area contributed by atoms with Gasteiger partial charge in [0.1, 0.15) is 18.8 Å². The van der Waals surface area contributed by atoms with Crippen LogP contribution in [0.4, 0.5) is 0 Å². The molecule has 0 fully saturated rings. The molecule has 386 valence electrons. The number of unbranched alkanes of at least 4 members (excludes halogenated alkanes) is 11. The van der Waals surface area contributed by atoms with Crippen LogP contribution in [0.25, 0.3) is 0 Å². The molecular formula is C47H81NO16P2S. The average Bonchev–Trinajstić information content (AvgIpc) is 3.27. The highest BCUT2D eigenvalue weighted by molar-refractivity contribution is 8.00. The summed E-state index contributed by atoms with van der Waals surface area (Å²) in [7, 11) is -9.88. The number of allylic oxidation sites excluding steroid dienone is 11. The van der Waals surface area contributed by atoms with Crippen LogP contribution in [0.2, 0.25) is 0 Å². The maximum Gasteiger partial charge on any atom is 0.472 e. The fraction of sp³-hybridized carbons (Fsp3) is 0.681. The van der Waals surface area contributed by atoms with E-state index in [1.54, 1.807) is 18.2 Å². The Labute approximate surface area is 403 Å². The predicted octanol–water partition coefficient (Wildman–Crippen LogP) is 9.10.